The number of sulfonamides is 1. The highest BCUT2D eigenvalue weighted by Crippen LogP contribution is 2.38. The zero-order valence-electron chi connectivity index (χ0n) is 17.3. The molecule has 2 heterocycles. The number of hydrogen-bond acceptors (Lipinski definition) is 5. The first-order chi connectivity index (χ1) is 14.8. The molecule has 3 aromatic rings. The zero-order valence-corrected chi connectivity index (χ0v) is 19.0. The van der Waals surface area contributed by atoms with E-state index in [0.29, 0.717) is 6.42 Å². The highest BCUT2D eigenvalue weighted by molar-refractivity contribution is 7.92. The van der Waals surface area contributed by atoms with Crippen LogP contribution >= 0.6 is 11.3 Å². The van der Waals surface area contributed by atoms with E-state index in [1.807, 2.05) is 54.8 Å². The topological polar surface area (TPSA) is 79.4 Å². The van der Waals surface area contributed by atoms with Crippen molar-refractivity contribution in [1.29, 1.82) is 0 Å². The summed E-state index contributed by atoms with van der Waals surface area (Å²) in [7, 11) is -3.30. The summed E-state index contributed by atoms with van der Waals surface area (Å²) in [6, 6.07) is 13.5. The van der Waals surface area contributed by atoms with Gasteiger partial charge in [-0.2, -0.15) is 0 Å². The fourth-order valence-corrected chi connectivity index (χ4v) is 6.22. The van der Waals surface area contributed by atoms with Crippen molar-refractivity contribution < 1.29 is 13.2 Å². The van der Waals surface area contributed by atoms with Crippen molar-refractivity contribution in [3.63, 3.8) is 0 Å². The van der Waals surface area contributed by atoms with Crippen LogP contribution in [0.1, 0.15) is 25.3 Å². The number of thiazole rings is 1. The van der Waals surface area contributed by atoms with E-state index in [0.717, 1.165) is 51.6 Å². The Balaban J connectivity index is 1.40. The molecule has 5 rings (SSSR count). The van der Waals surface area contributed by atoms with Crippen molar-refractivity contribution >= 4 is 38.6 Å². The van der Waals surface area contributed by atoms with Crippen LogP contribution in [0.2, 0.25) is 0 Å². The largest absolute Gasteiger partial charge is 0.326 e. The molecule has 1 fully saturated rings. The number of rotatable bonds is 5. The van der Waals surface area contributed by atoms with Crippen LogP contribution in [0, 0.1) is 5.92 Å². The van der Waals surface area contributed by atoms with Gasteiger partial charge >= 0.3 is 0 Å². The van der Waals surface area contributed by atoms with Crippen LogP contribution in [-0.2, 0) is 21.2 Å². The predicted molar refractivity (Wildman–Crippen MR) is 125 cm³/mol. The molecule has 1 aromatic heterocycles. The predicted octanol–water partition coefficient (Wildman–Crippen LogP) is 4.54. The summed E-state index contributed by atoms with van der Waals surface area (Å²) in [5.74, 6) is 0.253. The minimum Gasteiger partial charge on any atom is -0.326 e. The number of benzene rings is 2. The van der Waals surface area contributed by atoms with Gasteiger partial charge in [-0.05, 0) is 56.0 Å². The van der Waals surface area contributed by atoms with Crippen molar-refractivity contribution in [2.24, 2.45) is 5.92 Å². The van der Waals surface area contributed by atoms with Crippen LogP contribution in [0.3, 0.4) is 0 Å². The Morgan fingerprint density at radius 1 is 1.16 bits per heavy atom. The second-order valence-electron chi connectivity index (χ2n) is 8.34. The van der Waals surface area contributed by atoms with Crippen LogP contribution in [0.15, 0.2) is 47.8 Å². The maximum atomic E-state index is 12.1. The molecule has 1 amide bonds. The molecule has 0 radical (unpaired) electrons. The number of anilines is 2. The third kappa shape index (κ3) is 3.97. The average molecular weight is 454 g/mol. The van der Waals surface area contributed by atoms with E-state index in [4.69, 9.17) is 4.98 Å². The summed E-state index contributed by atoms with van der Waals surface area (Å²) in [4.78, 5) is 16.9. The third-order valence-electron chi connectivity index (χ3n) is 5.72. The van der Waals surface area contributed by atoms with Crippen molar-refractivity contribution in [3.05, 3.63) is 53.4 Å². The van der Waals surface area contributed by atoms with E-state index in [-0.39, 0.29) is 17.9 Å². The first-order valence-electron chi connectivity index (χ1n) is 10.3. The molecule has 0 saturated heterocycles. The molecule has 0 bridgehead atoms. The van der Waals surface area contributed by atoms with Crippen molar-refractivity contribution in [2.75, 3.05) is 15.9 Å². The van der Waals surface area contributed by atoms with Gasteiger partial charge in [-0.1, -0.05) is 18.2 Å². The fourth-order valence-electron chi connectivity index (χ4n) is 4.13. The Labute approximate surface area is 186 Å². The summed E-state index contributed by atoms with van der Waals surface area (Å²) in [5, 5.41) is 5.88. The van der Waals surface area contributed by atoms with Gasteiger partial charge in [0.15, 0.2) is 0 Å². The smallest absolute Gasteiger partial charge is 0.232 e. The minimum atomic E-state index is -3.30. The summed E-state index contributed by atoms with van der Waals surface area (Å²) < 4.78 is 25.8. The molecule has 160 valence electrons. The molecule has 6 nitrogen and oxygen atoms in total. The van der Waals surface area contributed by atoms with E-state index in [1.54, 1.807) is 11.3 Å². The number of fused-ring (bicyclic) bond motifs is 1. The highest BCUT2D eigenvalue weighted by Gasteiger charge is 2.32. The molecule has 0 spiro atoms. The molecule has 1 aliphatic heterocycles. The van der Waals surface area contributed by atoms with Gasteiger partial charge in [-0.3, -0.25) is 9.10 Å². The molecule has 31 heavy (non-hydrogen) atoms. The van der Waals surface area contributed by atoms with E-state index < -0.39 is 10.0 Å². The van der Waals surface area contributed by atoms with Gasteiger partial charge in [0, 0.05) is 34.2 Å². The van der Waals surface area contributed by atoms with Gasteiger partial charge in [-0.25, -0.2) is 13.4 Å². The average Bonchev–Trinajstić information content (AvgIpc) is 3.34. The van der Waals surface area contributed by atoms with Gasteiger partial charge in [0.05, 0.1) is 17.6 Å². The number of nitrogens with zero attached hydrogens (tertiary/aromatic N) is 2. The Morgan fingerprint density at radius 3 is 2.71 bits per heavy atom. The summed E-state index contributed by atoms with van der Waals surface area (Å²) in [6.07, 6.45) is 3.89. The van der Waals surface area contributed by atoms with Gasteiger partial charge in [0.2, 0.25) is 15.9 Å². The standard InChI is InChI=1S/C23H23N3O3S2/c1-14-10-18-11-16(8-9-21(18)26(14)31(2,28)29)20-13-30-23(25-20)17-4-3-5-19(12-17)24-22(27)15-6-7-15/h3-5,8-9,11-15H,6-7,10H2,1-2H3,(H,24,27). The fraction of sp³-hybridized carbons (Fsp3) is 0.304. The summed E-state index contributed by atoms with van der Waals surface area (Å²) >= 11 is 1.55. The number of carbonyl (C=O) groups excluding carboxylic acids is 1. The highest BCUT2D eigenvalue weighted by atomic mass is 32.2. The van der Waals surface area contributed by atoms with Gasteiger partial charge < -0.3 is 5.32 Å². The van der Waals surface area contributed by atoms with E-state index in [1.165, 1.54) is 10.6 Å². The number of amides is 1. The molecule has 1 N–H and O–H groups in total. The molecule has 1 aliphatic carbocycles. The summed E-state index contributed by atoms with van der Waals surface area (Å²) in [5.41, 5.74) is 5.37. The Kier molecular flexibility index (Phi) is 4.86. The lowest BCUT2D eigenvalue weighted by molar-refractivity contribution is -0.117. The van der Waals surface area contributed by atoms with Crippen LogP contribution in [-0.4, -0.2) is 31.6 Å². The van der Waals surface area contributed by atoms with Crippen molar-refractivity contribution in [2.45, 2.75) is 32.2 Å². The lowest BCUT2D eigenvalue weighted by Crippen LogP contribution is -2.34. The second kappa shape index (κ2) is 7.46. The van der Waals surface area contributed by atoms with E-state index in [9.17, 15) is 13.2 Å². The third-order valence-corrected chi connectivity index (χ3v) is 7.88. The van der Waals surface area contributed by atoms with Gasteiger partial charge in [0.25, 0.3) is 0 Å². The first kappa shape index (κ1) is 20.2. The maximum absolute atomic E-state index is 12.1. The molecular weight excluding hydrogens is 430 g/mol. The van der Waals surface area contributed by atoms with E-state index in [2.05, 4.69) is 5.32 Å². The van der Waals surface area contributed by atoms with Gasteiger partial charge in [0.1, 0.15) is 5.01 Å². The molecule has 2 aromatic carbocycles. The molecular formula is C23H23N3O3S2. The van der Waals surface area contributed by atoms with Crippen molar-refractivity contribution in [3.8, 4) is 21.8 Å². The molecule has 1 unspecified atom stereocenters. The molecule has 1 saturated carbocycles. The Morgan fingerprint density at radius 2 is 1.97 bits per heavy atom. The number of carbonyl (C=O) groups is 1. The Bertz CT molecular complexity index is 1280. The summed E-state index contributed by atoms with van der Waals surface area (Å²) in [6.45, 7) is 1.93. The van der Waals surface area contributed by atoms with Crippen LogP contribution in [0.5, 0.6) is 0 Å². The molecule has 2 aliphatic rings. The molecule has 8 heteroatoms. The zero-order chi connectivity index (χ0) is 21.8. The quantitative estimate of drug-likeness (QED) is 0.615. The van der Waals surface area contributed by atoms with Crippen LogP contribution in [0.25, 0.3) is 21.8 Å². The Hall–Kier alpha value is -2.71. The lowest BCUT2D eigenvalue weighted by Gasteiger charge is -2.21. The number of nitrogens with one attached hydrogen (secondary N) is 1. The number of aromatic nitrogens is 1. The van der Waals surface area contributed by atoms with Crippen LogP contribution in [0.4, 0.5) is 11.4 Å². The van der Waals surface area contributed by atoms with E-state index >= 15 is 0 Å². The second-order valence-corrected chi connectivity index (χ2v) is 11.1. The maximum Gasteiger partial charge on any atom is 0.232 e. The lowest BCUT2D eigenvalue weighted by atomic mass is 10.1. The van der Waals surface area contributed by atoms with Crippen LogP contribution < -0.4 is 9.62 Å². The minimum absolute atomic E-state index is 0.0835. The monoisotopic (exact) mass is 453 g/mol. The van der Waals surface area contributed by atoms with Gasteiger partial charge in [-0.15, -0.1) is 11.3 Å². The number of hydrogen-bond donors (Lipinski definition) is 1. The molecule has 1 atom stereocenters. The normalized spacial score (nSPS) is 18.1. The SMILES string of the molecule is CC1Cc2cc(-c3csc(-c4cccc(NC(=O)C5CC5)c4)n3)ccc2N1S(C)(=O)=O. The van der Waals surface area contributed by atoms with Crippen molar-refractivity contribution in [1.82, 2.24) is 4.98 Å². The first-order valence-corrected chi connectivity index (χ1v) is 13.0.